The van der Waals surface area contributed by atoms with Crippen molar-refractivity contribution in [2.75, 3.05) is 0 Å². The summed E-state index contributed by atoms with van der Waals surface area (Å²) >= 11 is 0. The first-order valence-corrected chi connectivity index (χ1v) is 10.9. The molecule has 164 valence electrons. The van der Waals surface area contributed by atoms with Gasteiger partial charge in [0.05, 0.1) is 34.9 Å². The molecule has 6 heteroatoms. The molecule has 2 aromatic heterocycles. The predicted octanol–water partition coefficient (Wildman–Crippen LogP) is 3.16. The molecule has 0 aliphatic carbocycles. The predicted molar refractivity (Wildman–Crippen MR) is 133 cm³/mol. The largest absolute Gasteiger partial charge is 0.300 e. The number of hydrogen-bond donors (Lipinski definition) is 0. The zero-order chi connectivity index (χ0) is 23.4. The Hall–Kier alpha value is -4.58. The second-order valence-electron chi connectivity index (χ2n) is 8.43. The molecule has 0 unspecified atom stereocenters. The number of hydrogen-bond acceptors (Lipinski definition) is 4. The third kappa shape index (κ3) is 2.89. The highest BCUT2D eigenvalue weighted by Gasteiger charge is 2.20. The van der Waals surface area contributed by atoms with Crippen LogP contribution in [0.2, 0.25) is 0 Å². The normalized spacial score (nSPS) is 11.6. The molecule has 0 atom stereocenters. The first-order chi connectivity index (χ1) is 16.5. The van der Waals surface area contributed by atoms with E-state index in [1.807, 2.05) is 60.7 Å². The quantitative estimate of drug-likeness (QED) is 0.390. The van der Waals surface area contributed by atoms with Crippen molar-refractivity contribution in [2.24, 2.45) is 0 Å². The van der Waals surface area contributed by atoms with Crippen molar-refractivity contribution >= 4 is 32.6 Å². The molecule has 6 aromatic rings. The molecule has 34 heavy (non-hydrogen) atoms. The van der Waals surface area contributed by atoms with Crippen LogP contribution in [0.5, 0.6) is 0 Å². The van der Waals surface area contributed by atoms with Crippen LogP contribution in [0.1, 0.15) is 11.1 Å². The number of rotatable bonds is 4. The Kier molecular flexibility index (Phi) is 4.42. The van der Waals surface area contributed by atoms with Crippen LogP contribution < -0.4 is 22.0 Å². The summed E-state index contributed by atoms with van der Waals surface area (Å²) in [5.74, 6) is 0. The Morgan fingerprint density at radius 2 is 0.794 bits per heavy atom. The van der Waals surface area contributed by atoms with E-state index in [4.69, 9.17) is 0 Å². The smallest absolute Gasteiger partial charge is 0.299 e. The highest BCUT2D eigenvalue weighted by molar-refractivity contribution is 6.15. The summed E-state index contributed by atoms with van der Waals surface area (Å²) in [6, 6.07) is 25.6. The molecule has 0 aliphatic heterocycles. The monoisotopic (exact) mass is 446 g/mol. The average molecular weight is 446 g/mol. The Balaban J connectivity index is 1.69. The summed E-state index contributed by atoms with van der Waals surface area (Å²) in [5.41, 5.74) is 0.552. The average Bonchev–Trinajstić information content (AvgIpc) is 3.26. The summed E-state index contributed by atoms with van der Waals surface area (Å²) in [7, 11) is 0. The Labute approximate surface area is 192 Å². The Morgan fingerprint density at radius 3 is 1.18 bits per heavy atom. The summed E-state index contributed by atoms with van der Waals surface area (Å²) in [6.45, 7) is 0.500. The number of benzene rings is 4. The molecule has 4 aromatic carbocycles. The summed E-state index contributed by atoms with van der Waals surface area (Å²) in [6.07, 6.45) is 0. The van der Waals surface area contributed by atoms with Gasteiger partial charge in [0.2, 0.25) is 0 Å². The van der Waals surface area contributed by atoms with Crippen LogP contribution >= 0.6 is 0 Å². The van der Waals surface area contributed by atoms with E-state index in [2.05, 4.69) is 0 Å². The molecule has 0 saturated carbocycles. The van der Waals surface area contributed by atoms with Crippen LogP contribution in [0.4, 0.5) is 0 Å². The van der Waals surface area contributed by atoms with Gasteiger partial charge in [0.15, 0.2) is 0 Å². The topological polar surface area (TPSA) is 78.1 Å². The standard InChI is InChI=1S/C28H18N2O4/c31-25-21-13-12-20-19(23(21)29(27(25)33)15-17-7-3-1-4-8-17)11-14-22-24(20)30(28(34)26(22)32)16-18-9-5-2-6-10-18/h1-14H,15-16H2. The van der Waals surface area contributed by atoms with Gasteiger partial charge in [-0.2, -0.15) is 0 Å². The van der Waals surface area contributed by atoms with Gasteiger partial charge in [-0.05, 0) is 23.3 Å². The molecule has 6 nitrogen and oxygen atoms in total. The van der Waals surface area contributed by atoms with Gasteiger partial charge in [-0.3, -0.25) is 28.3 Å². The van der Waals surface area contributed by atoms with Gasteiger partial charge in [0.1, 0.15) is 0 Å². The van der Waals surface area contributed by atoms with E-state index in [9.17, 15) is 19.2 Å². The van der Waals surface area contributed by atoms with E-state index >= 15 is 0 Å². The maximum absolute atomic E-state index is 12.9. The Bertz CT molecular complexity index is 1780. The van der Waals surface area contributed by atoms with Gasteiger partial charge < -0.3 is 0 Å². The molecule has 0 fully saturated rings. The lowest BCUT2D eigenvalue weighted by molar-refractivity contribution is 0.803. The lowest BCUT2D eigenvalue weighted by Gasteiger charge is -2.10. The van der Waals surface area contributed by atoms with Crippen molar-refractivity contribution in [1.29, 1.82) is 0 Å². The van der Waals surface area contributed by atoms with Gasteiger partial charge in [0.25, 0.3) is 22.0 Å². The number of aromatic nitrogens is 2. The minimum atomic E-state index is -0.583. The number of nitrogens with zero attached hydrogens (tertiary/aromatic N) is 2. The third-order valence-electron chi connectivity index (χ3n) is 6.42. The second kappa shape index (κ2) is 7.49. The van der Waals surface area contributed by atoms with Crippen molar-refractivity contribution in [1.82, 2.24) is 9.13 Å². The van der Waals surface area contributed by atoms with E-state index in [1.54, 1.807) is 24.3 Å². The van der Waals surface area contributed by atoms with Crippen molar-refractivity contribution in [3.63, 3.8) is 0 Å². The minimum absolute atomic E-state index is 0.250. The fourth-order valence-corrected chi connectivity index (χ4v) is 4.83. The van der Waals surface area contributed by atoms with Crippen molar-refractivity contribution in [3.05, 3.63) is 137 Å². The first kappa shape index (κ1) is 20.1. The molecule has 0 N–H and O–H groups in total. The zero-order valence-electron chi connectivity index (χ0n) is 18.0. The molecule has 0 aliphatic rings. The molecule has 0 bridgehead atoms. The summed E-state index contributed by atoms with van der Waals surface area (Å²) < 4.78 is 2.98. The molecule has 2 heterocycles. The fraction of sp³-hybridized carbons (Fsp3) is 0.0714. The van der Waals surface area contributed by atoms with Crippen molar-refractivity contribution in [2.45, 2.75) is 13.1 Å². The van der Waals surface area contributed by atoms with E-state index in [0.29, 0.717) is 32.6 Å². The van der Waals surface area contributed by atoms with Crippen LogP contribution in [0.15, 0.2) is 104 Å². The highest BCUT2D eigenvalue weighted by Crippen LogP contribution is 2.29. The van der Waals surface area contributed by atoms with E-state index in [0.717, 1.165) is 11.1 Å². The molecular formula is C28H18N2O4. The SMILES string of the molecule is O=c1c(=O)n(Cc2ccccc2)c2c1ccc1c2ccc2c(=O)c(=O)n(Cc3ccccc3)c21. The third-order valence-corrected chi connectivity index (χ3v) is 6.42. The Morgan fingerprint density at radius 1 is 0.441 bits per heavy atom. The molecule has 0 amide bonds. The van der Waals surface area contributed by atoms with Crippen molar-refractivity contribution in [3.8, 4) is 0 Å². The van der Waals surface area contributed by atoms with E-state index < -0.39 is 22.0 Å². The number of fused-ring (bicyclic) bond motifs is 5. The molecule has 0 spiro atoms. The van der Waals surface area contributed by atoms with Gasteiger partial charge in [-0.25, -0.2) is 0 Å². The maximum Gasteiger partial charge on any atom is 0.299 e. The van der Waals surface area contributed by atoms with Gasteiger partial charge in [-0.15, -0.1) is 0 Å². The first-order valence-electron chi connectivity index (χ1n) is 10.9. The van der Waals surface area contributed by atoms with E-state index in [-0.39, 0.29) is 13.1 Å². The molecule has 6 rings (SSSR count). The van der Waals surface area contributed by atoms with Crippen LogP contribution in [-0.4, -0.2) is 9.13 Å². The van der Waals surface area contributed by atoms with Crippen molar-refractivity contribution < 1.29 is 0 Å². The molecule has 0 radical (unpaired) electrons. The van der Waals surface area contributed by atoms with Crippen LogP contribution in [0, 0.1) is 0 Å². The lowest BCUT2D eigenvalue weighted by Crippen LogP contribution is -2.27. The zero-order valence-corrected chi connectivity index (χ0v) is 18.0. The highest BCUT2D eigenvalue weighted by atomic mass is 16.2. The van der Waals surface area contributed by atoms with E-state index in [1.165, 1.54) is 9.13 Å². The van der Waals surface area contributed by atoms with Crippen LogP contribution in [-0.2, 0) is 13.1 Å². The fourth-order valence-electron chi connectivity index (χ4n) is 4.83. The lowest BCUT2D eigenvalue weighted by atomic mass is 10.0. The van der Waals surface area contributed by atoms with Crippen LogP contribution in [0.3, 0.4) is 0 Å². The maximum atomic E-state index is 12.9. The van der Waals surface area contributed by atoms with Gasteiger partial charge >= 0.3 is 0 Å². The van der Waals surface area contributed by atoms with Gasteiger partial charge in [-0.1, -0.05) is 72.8 Å². The molecule has 0 saturated heterocycles. The van der Waals surface area contributed by atoms with Crippen LogP contribution in [0.25, 0.3) is 32.6 Å². The molecular weight excluding hydrogens is 428 g/mol. The summed E-state index contributed by atoms with van der Waals surface area (Å²) in [4.78, 5) is 51.4. The van der Waals surface area contributed by atoms with Gasteiger partial charge in [0, 0.05) is 10.8 Å². The second-order valence-corrected chi connectivity index (χ2v) is 8.43. The minimum Gasteiger partial charge on any atom is -0.300 e. The summed E-state index contributed by atoms with van der Waals surface area (Å²) in [5, 5.41) is 1.98.